The first-order valence-corrected chi connectivity index (χ1v) is 25.5. The minimum atomic E-state index is -2.23. The van der Waals surface area contributed by atoms with Crippen LogP contribution in [0.3, 0.4) is 0 Å². The van der Waals surface area contributed by atoms with Crippen molar-refractivity contribution in [3.05, 3.63) is 132 Å². The Morgan fingerprint density at radius 1 is 0.806 bits per heavy atom. The maximum atomic E-state index is 12.3. The minimum absolute atomic E-state index is 0.0688. The molecule has 2 aromatic heterocycles. The second-order valence-corrected chi connectivity index (χ2v) is 22.5. The van der Waals surface area contributed by atoms with Gasteiger partial charge in [-0.3, -0.25) is 19.2 Å². The Morgan fingerprint density at radius 3 is 1.81 bits per heavy atom. The maximum absolute atomic E-state index is 12.3. The number of rotatable bonds is 20. The van der Waals surface area contributed by atoms with Crippen molar-refractivity contribution in [3.8, 4) is 0 Å². The zero-order valence-electron chi connectivity index (χ0n) is 35.4. The number of hydrogen-bond acceptors (Lipinski definition) is 9. The van der Waals surface area contributed by atoms with Crippen molar-refractivity contribution in [1.82, 2.24) is 20.6 Å². The van der Waals surface area contributed by atoms with Crippen LogP contribution in [0, 0.1) is 13.8 Å². The molecule has 2 aliphatic rings. The number of carboxylic acid groups (broad SMARTS) is 2. The van der Waals surface area contributed by atoms with E-state index in [9.17, 15) is 29.4 Å². The van der Waals surface area contributed by atoms with Gasteiger partial charge in [-0.05, 0) is 124 Å². The molecule has 5 rings (SSSR count). The van der Waals surface area contributed by atoms with Crippen molar-refractivity contribution < 1.29 is 38.4 Å². The summed E-state index contributed by atoms with van der Waals surface area (Å²) in [6, 6.07) is 5.41. The van der Waals surface area contributed by atoms with Crippen LogP contribution in [-0.4, -0.2) is 62.2 Å². The van der Waals surface area contributed by atoms with Gasteiger partial charge in [0.25, 0.3) is 11.8 Å². The minimum Gasteiger partial charge on any atom is -0.481 e. The Hall–Kier alpha value is -4.05. The number of aromatic nitrogens is 2. The molecule has 2 amide bonds. The number of aromatic amines is 2. The number of thioether (sulfide) groups is 1. The Balaban J connectivity index is 0.000000372. The molecule has 0 spiro atoms. The number of carbonyl (C=O) groups excluding carboxylic acids is 2. The molecule has 0 fully saturated rings. The van der Waals surface area contributed by atoms with Gasteiger partial charge in [0, 0.05) is 74.4 Å². The van der Waals surface area contributed by atoms with Gasteiger partial charge in [0.05, 0.1) is 29.0 Å². The van der Waals surface area contributed by atoms with E-state index >= 15 is 0 Å². The van der Waals surface area contributed by atoms with E-state index in [2.05, 4.69) is 33.8 Å². The molecule has 0 radical (unpaired) electrons. The van der Waals surface area contributed by atoms with E-state index in [4.69, 9.17) is 44.1 Å². The third-order valence-electron chi connectivity index (χ3n) is 10.0. The molecule has 0 saturated carbocycles. The number of nitrogens with one attached hydrogen (secondary N) is 4. The van der Waals surface area contributed by atoms with Crippen molar-refractivity contribution in [3.63, 3.8) is 0 Å². The molecule has 4 heterocycles. The molecule has 332 valence electrons. The second kappa shape index (κ2) is 23.0. The summed E-state index contributed by atoms with van der Waals surface area (Å²) in [7, 11) is 0. The first-order valence-electron chi connectivity index (χ1n) is 19.6. The molecule has 6 N–H and O–H groups in total. The highest BCUT2D eigenvalue weighted by atomic mass is 35.5. The molecule has 18 heteroatoms. The number of carbonyl (C=O) groups is 4. The number of H-pyrrole nitrogens is 2. The van der Waals surface area contributed by atoms with Gasteiger partial charge in [0.15, 0.2) is 0 Å². The lowest BCUT2D eigenvalue weighted by atomic mass is 9.98. The van der Waals surface area contributed by atoms with E-state index in [0.717, 1.165) is 60.6 Å². The standard InChI is InChI=1S/C33H36N4O6.C11H15Cl2O2PS3/c1-7-20-19(6)32(42)37-27(20)14-25-18(5)23(10-12-31(40)41)29(35-25)15-28-22(9-11-30(38)39)17(4)24(34-28)13-26-16(3)21(8-2)33(43)36-26;1-3-14-16(17,15-4-2)19-8-18-11-7-9(12)5-6-10(11)13/h7-8,13-14,34-35H,1-2,9-12,15H2,3-6H3,(H,36,43)(H,37,42)(H,38,39)(H,40,41);5-7H,3-4,8H2,1-2H3/b26-13-,27-14-;. The SMILES string of the molecule is C=CC1=C(C)/C(=C/c2[nH]c(Cc3[nH]c(/C=C4\NC(=O)C(C)=C4C=C)c(C)c3CCC(=O)O)c(CCC(=O)O)c2C)NC1=O.CCOP(=S)(OCC)SCSc1cc(Cl)ccc1Cl. The van der Waals surface area contributed by atoms with Crippen LogP contribution in [0.4, 0.5) is 0 Å². The Morgan fingerprint density at radius 2 is 1.32 bits per heavy atom. The fraction of sp³-hybridized carbons (Fsp3) is 0.318. The fourth-order valence-corrected chi connectivity index (χ4v) is 14.3. The summed E-state index contributed by atoms with van der Waals surface area (Å²) in [5.74, 6) is -2.28. The number of hydrogen-bond donors (Lipinski definition) is 6. The molecule has 0 atom stereocenters. The molecule has 12 nitrogen and oxygen atoms in total. The zero-order chi connectivity index (χ0) is 45.9. The summed E-state index contributed by atoms with van der Waals surface area (Å²) in [5.41, 5.74) is 7.96. The van der Waals surface area contributed by atoms with Crippen molar-refractivity contribution >= 4 is 99.8 Å². The molecule has 3 aromatic rings. The predicted octanol–water partition coefficient (Wildman–Crippen LogP) is 10.6. The van der Waals surface area contributed by atoms with Crippen molar-refractivity contribution in [2.24, 2.45) is 0 Å². The van der Waals surface area contributed by atoms with Gasteiger partial charge in [-0.25, -0.2) is 0 Å². The normalized spacial score (nSPS) is 15.3. The molecule has 0 aliphatic carbocycles. The Kier molecular flexibility index (Phi) is 18.8. The number of benzene rings is 1. The van der Waals surface area contributed by atoms with E-state index in [-0.39, 0.29) is 37.5 Å². The largest absolute Gasteiger partial charge is 0.481 e. The highest BCUT2D eigenvalue weighted by Crippen LogP contribution is 2.62. The lowest BCUT2D eigenvalue weighted by Crippen LogP contribution is -2.15. The summed E-state index contributed by atoms with van der Waals surface area (Å²) in [6.45, 7) is 19.9. The summed E-state index contributed by atoms with van der Waals surface area (Å²) in [5, 5.41) is 26.7. The van der Waals surface area contributed by atoms with Crippen LogP contribution in [0.25, 0.3) is 12.2 Å². The smallest absolute Gasteiger partial charge is 0.303 e. The maximum Gasteiger partial charge on any atom is 0.303 e. The van der Waals surface area contributed by atoms with Gasteiger partial charge in [-0.15, -0.1) is 11.8 Å². The number of allylic oxidation sites excluding steroid dienone is 2. The van der Waals surface area contributed by atoms with E-state index < -0.39 is 17.6 Å². The van der Waals surface area contributed by atoms with Gasteiger partial charge in [-0.2, -0.15) is 0 Å². The molecule has 0 saturated heterocycles. The summed E-state index contributed by atoms with van der Waals surface area (Å²) in [6.07, 6.45) is 7.58. The lowest BCUT2D eigenvalue weighted by Gasteiger charge is -2.19. The van der Waals surface area contributed by atoms with E-state index in [1.54, 1.807) is 36.9 Å². The van der Waals surface area contributed by atoms with E-state index in [1.165, 1.54) is 17.5 Å². The third-order valence-corrected chi connectivity index (χ3v) is 17.8. The first kappa shape index (κ1) is 50.6. The van der Waals surface area contributed by atoms with Crippen molar-refractivity contribution in [2.45, 2.75) is 78.5 Å². The molecular weight excluding hydrogens is 911 g/mol. The van der Waals surface area contributed by atoms with Gasteiger partial charge in [0.2, 0.25) is 5.69 Å². The van der Waals surface area contributed by atoms with Crippen molar-refractivity contribution in [1.29, 1.82) is 0 Å². The topological polar surface area (TPSA) is 183 Å². The van der Waals surface area contributed by atoms with Crippen LogP contribution in [0.5, 0.6) is 0 Å². The van der Waals surface area contributed by atoms with Gasteiger partial charge >= 0.3 is 11.9 Å². The lowest BCUT2D eigenvalue weighted by molar-refractivity contribution is -0.138. The summed E-state index contributed by atoms with van der Waals surface area (Å²) >= 11 is 20.6. The predicted molar refractivity (Wildman–Crippen MR) is 256 cm³/mol. The summed E-state index contributed by atoms with van der Waals surface area (Å²) in [4.78, 5) is 55.5. The van der Waals surface area contributed by atoms with Crippen LogP contribution < -0.4 is 10.6 Å². The monoisotopic (exact) mass is 960 g/mol. The fourth-order valence-electron chi connectivity index (χ4n) is 6.78. The van der Waals surface area contributed by atoms with E-state index in [1.807, 2.05) is 52.8 Å². The van der Waals surface area contributed by atoms with E-state index in [0.29, 0.717) is 57.8 Å². The third kappa shape index (κ3) is 13.0. The number of carboxylic acids is 2. The van der Waals surface area contributed by atoms with Gasteiger partial charge in [0.1, 0.15) is 0 Å². The van der Waals surface area contributed by atoms with Gasteiger partial charge < -0.3 is 39.9 Å². The average molecular weight is 962 g/mol. The Labute approximate surface area is 385 Å². The number of aliphatic carboxylic acids is 2. The summed E-state index contributed by atoms with van der Waals surface area (Å²) < 4.78 is 11.1. The average Bonchev–Trinajstić information content (AvgIpc) is 3.86. The molecule has 62 heavy (non-hydrogen) atoms. The first-order chi connectivity index (χ1) is 29.4. The zero-order valence-corrected chi connectivity index (χ0v) is 40.2. The van der Waals surface area contributed by atoms with Crippen LogP contribution in [0.1, 0.15) is 85.6 Å². The van der Waals surface area contributed by atoms with Crippen LogP contribution in [0.15, 0.2) is 82.1 Å². The molecule has 0 bridgehead atoms. The number of halogens is 2. The molecule has 1 aromatic carbocycles. The second-order valence-electron chi connectivity index (χ2n) is 14.0. The van der Waals surface area contributed by atoms with Crippen LogP contribution >= 0.6 is 52.0 Å². The van der Waals surface area contributed by atoms with Crippen molar-refractivity contribution in [2.75, 3.05) is 18.3 Å². The number of amides is 2. The quantitative estimate of drug-likeness (QED) is 0.0360. The van der Waals surface area contributed by atoms with Crippen LogP contribution in [-0.2, 0) is 59.3 Å². The Bertz CT molecular complexity index is 2440. The highest BCUT2D eigenvalue weighted by molar-refractivity contribution is 8.69. The molecule has 2 aliphatic heterocycles. The molecule has 0 unspecified atom stereocenters. The highest BCUT2D eigenvalue weighted by Gasteiger charge is 2.26. The van der Waals surface area contributed by atoms with Gasteiger partial charge in [-0.1, -0.05) is 59.9 Å². The van der Waals surface area contributed by atoms with Crippen LogP contribution in [0.2, 0.25) is 10.0 Å². The molecular formula is C44H51Cl2N4O8PS3.